The highest BCUT2D eigenvalue weighted by Gasteiger charge is 2.23. The van der Waals surface area contributed by atoms with Gasteiger partial charge in [-0.2, -0.15) is 0 Å². The van der Waals surface area contributed by atoms with Crippen LogP contribution in [0.25, 0.3) is 0 Å². The number of hydrogen-bond acceptors (Lipinski definition) is 2. The minimum Gasteiger partial charge on any atom is -0.339 e. The first-order valence-corrected chi connectivity index (χ1v) is 7.40. The number of amides is 1. The molecule has 1 aliphatic heterocycles. The number of aliphatic imine (C=N–C) groups is 1. The lowest BCUT2D eigenvalue weighted by Crippen LogP contribution is -2.38. The normalized spacial score (nSPS) is 19.1. The predicted molar refractivity (Wildman–Crippen MR) is 86.1 cm³/mol. The third kappa shape index (κ3) is 4.32. The Hall–Kier alpha value is -1.38. The number of allylic oxidation sites excluding steroid dienone is 1. The number of carbonyl (C=O) groups excluding carboxylic acids is 1. The monoisotopic (exact) mass is 276 g/mol. The first-order chi connectivity index (χ1) is 9.29. The van der Waals surface area contributed by atoms with Gasteiger partial charge in [-0.25, -0.2) is 0 Å². The topological polar surface area (TPSA) is 32.7 Å². The van der Waals surface area contributed by atoms with E-state index in [0.717, 1.165) is 37.6 Å². The van der Waals surface area contributed by atoms with Gasteiger partial charge in [0.05, 0.1) is 0 Å². The molecule has 0 aromatic rings. The van der Waals surface area contributed by atoms with E-state index in [1.54, 1.807) is 13.1 Å². The van der Waals surface area contributed by atoms with E-state index in [1.807, 2.05) is 11.0 Å². The van der Waals surface area contributed by atoms with Gasteiger partial charge >= 0.3 is 0 Å². The van der Waals surface area contributed by atoms with E-state index in [2.05, 4.69) is 39.3 Å². The fraction of sp³-hybridized carbons (Fsp3) is 0.647. The van der Waals surface area contributed by atoms with E-state index in [1.165, 1.54) is 0 Å². The summed E-state index contributed by atoms with van der Waals surface area (Å²) >= 11 is 0. The van der Waals surface area contributed by atoms with Gasteiger partial charge in [-0.3, -0.25) is 9.79 Å². The Balaban J connectivity index is 2.90. The second-order valence-electron chi connectivity index (χ2n) is 6.64. The second kappa shape index (κ2) is 6.87. The van der Waals surface area contributed by atoms with Crippen molar-refractivity contribution in [3.8, 4) is 0 Å². The Kier molecular flexibility index (Phi) is 5.73. The van der Waals surface area contributed by atoms with Crippen molar-refractivity contribution < 1.29 is 4.79 Å². The van der Waals surface area contributed by atoms with Crippen LogP contribution in [-0.2, 0) is 4.79 Å². The van der Waals surface area contributed by atoms with E-state index in [-0.39, 0.29) is 11.3 Å². The molecule has 0 spiro atoms. The van der Waals surface area contributed by atoms with E-state index in [4.69, 9.17) is 0 Å². The molecule has 0 radical (unpaired) electrons. The van der Waals surface area contributed by atoms with Crippen LogP contribution in [0, 0.1) is 11.3 Å². The molecule has 20 heavy (non-hydrogen) atoms. The summed E-state index contributed by atoms with van der Waals surface area (Å²) in [4.78, 5) is 18.8. The highest BCUT2D eigenvalue weighted by Crippen LogP contribution is 2.21. The van der Waals surface area contributed by atoms with Crippen LogP contribution < -0.4 is 0 Å². The third-order valence-electron chi connectivity index (χ3n) is 3.84. The quantitative estimate of drug-likeness (QED) is 0.441. The molecule has 1 heterocycles. The molecule has 1 aliphatic rings. The van der Waals surface area contributed by atoms with Crippen LogP contribution >= 0.6 is 0 Å². The van der Waals surface area contributed by atoms with Crippen LogP contribution in [0.15, 0.2) is 29.3 Å². The van der Waals surface area contributed by atoms with Gasteiger partial charge in [0.1, 0.15) is 0 Å². The van der Waals surface area contributed by atoms with Crippen molar-refractivity contribution in [1.82, 2.24) is 4.90 Å². The lowest BCUT2D eigenvalue weighted by Gasteiger charge is -2.31. The van der Waals surface area contributed by atoms with Crippen LogP contribution in [-0.4, -0.2) is 36.7 Å². The van der Waals surface area contributed by atoms with E-state index in [9.17, 15) is 4.79 Å². The number of piperidine rings is 1. The zero-order valence-electron chi connectivity index (χ0n) is 13.6. The molecule has 1 saturated heterocycles. The van der Waals surface area contributed by atoms with Crippen molar-refractivity contribution in [3.63, 3.8) is 0 Å². The van der Waals surface area contributed by atoms with Crippen LogP contribution in [0.4, 0.5) is 0 Å². The maximum atomic E-state index is 12.5. The summed E-state index contributed by atoms with van der Waals surface area (Å²) in [5, 5.41) is 0. The molecular formula is C17H28N2O. The summed E-state index contributed by atoms with van der Waals surface area (Å²) in [6.07, 6.45) is 5.71. The summed E-state index contributed by atoms with van der Waals surface area (Å²) in [6.45, 7) is 14.0. The van der Waals surface area contributed by atoms with E-state index >= 15 is 0 Å². The molecule has 3 nitrogen and oxygen atoms in total. The SMILES string of the molecule is C=C/C(=C\C(=NC)C(C)(C)C)C(=O)N1CCC(C)CC1. The van der Waals surface area contributed by atoms with Gasteiger partial charge in [-0.1, -0.05) is 40.3 Å². The van der Waals surface area contributed by atoms with Crippen molar-refractivity contribution in [1.29, 1.82) is 0 Å². The lowest BCUT2D eigenvalue weighted by atomic mass is 9.88. The standard InChI is InChI=1S/C17H28N2O/c1-7-14(12-15(18-6)17(3,4)5)16(20)19-10-8-13(2)9-11-19/h7,12-13H,1,8-11H2,2-6H3/b14-12+,18-15?. The summed E-state index contributed by atoms with van der Waals surface area (Å²) in [7, 11) is 1.77. The molecule has 0 aromatic heterocycles. The molecule has 0 atom stereocenters. The first-order valence-electron chi connectivity index (χ1n) is 7.40. The average molecular weight is 276 g/mol. The van der Waals surface area contributed by atoms with Gasteiger partial charge in [0.25, 0.3) is 5.91 Å². The number of nitrogens with zero attached hydrogens (tertiary/aromatic N) is 2. The molecule has 3 heteroatoms. The smallest absolute Gasteiger partial charge is 0.253 e. The molecule has 0 N–H and O–H groups in total. The maximum Gasteiger partial charge on any atom is 0.253 e. The number of carbonyl (C=O) groups is 1. The minimum atomic E-state index is -0.0697. The maximum absolute atomic E-state index is 12.5. The molecule has 0 saturated carbocycles. The van der Waals surface area contributed by atoms with Gasteiger partial charge in [0.2, 0.25) is 0 Å². The minimum absolute atomic E-state index is 0.0697. The largest absolute Gasteiger partial charge is 0.339 e. The van der Waals surface area contributed by atoms with E-state index in [0.29, 0.717) is 5.57 Å². The highest BCUT2D eigenvalue weighted by atomic mass is 16.2. The van der Waals surface area contributed by atoms with Crippen molar-refractivity contribution in [2.24, 2.45) is 16.3 Å². The number of likely N-dealkylation sites (tertiary alicyclic amines) is 1. The fourth-order valence-corrected chi connectivity index (χ4v) is 2.37. The fourth-order valence-electron chi connectivity index (χ4n) is 2.37. The van der Waals surface area contributed by atoms with Gasteiger partial charge in [-0.15, -0.1) is 0 Å². The molecule has 0 bridgehead atoms. The van der Waals surface area contributed by atoms with Gasteiger partial charge in [0.15, 0.2) is 0 Å². The first kappa shape index (κ1) is 16.7. The van der Waals surface area contributed by atoms with Crippen molar-refractivity contribution in [2.75, 3.05) is 20.1 Å². The Morgan fingerprint density at radius 1 is 1.30 bits per heavy atom. The zero-order valence-corrected chi connectivity index (χ0v) is 13.6. The molecule has 0 aromatic carbocycles. The molecule has 1 amide bonds. The number of hydrogen-bond donors (Lipinski definition) is 0. The van der Waals surface area contributed by atoms with Gasteiger partial charge in [0, 0.05) is 36.8 Å². The van der Waals surface area contributed by atoms with Crippen LogP contribution in [0.3, 0.4) is 0 Å². The molecule has 1 rings (SSSR count). The molecular weight excluding hydrogens is 248 g/mol. The third-order valence-corrected chi connectivity index (χ3v) is 3.84. The number of rotatable bonds is 3. The Bertz CT molecular complexity index is 419. The highest BCUT2D eigenvalue weighted by molar-refractivity contribution is 6.07. The Morgan fingerprint density at radius 2 is 1.85 bits per heavy atom. The zero-order chi connectivity index (χ0) is 15.3. The van der Waals surface area contributed by atoms with Crippen LogP contribution in [0.2, 0.25) is 0 Å². The summed E-state index contributed by atoms with van der Waals surface area (Å²) in [6, 6.07) is 0. The van der Waals surface area contributed by atoms with E-state index < -0.39 is 0 Å². The summed E-state index contributed by atoms with van der Waals surface area (Å²) in [5.41, 5.74) is 1.50. The van der Waals surface area contributed by atoms with Crippen LogP contribution in [0.5, 0.6) is 0 Å². The molecule has 112 valence electrons. The lowest BCUT2D eigenvalue weighted by molar-refractivity contribution is -0.128. The average Bonchev–Trinajstić information content (AvgIpc) is 2.38. The summed E-state index contributed by atoms with van der Waals surface area (Å²) < 4.78 is 0. The predicted octanol–water partition coefficient (Wildman–Crippen LogP) is 3.47. The van der Waals surface area contributed by atoms with Crippen LogP contribution in [0.1, 0.15) is 40.5 Å². The molecule has 0 unspecified atom stereocenters. The Labute approximate surface area is 123 Å². The van der Waals surface area contributed by atoms with Crippen molar-refractivity contribution >= 4 is 11.6 Å². The molecule has 0 aliphatic carbocycles. The second-order valence-corrected chi connectivity index (χ2v) is 6.64. The summed E-state index contributed by atoms with van der Waals surface area (Å²) in [5.74, 6) is 0.801. The Morgan fingerprint density at radius 3 is 2.25 bits per heavy atom. The van der Waals surface area contributed by atoms with Crippen molar-refractivity contribution in [2.45, 2.75) is 40.5 Å². The van der Waals surface area contributed by atoms with Crippen molar-refractivity contribution in [3.05, 3.63) is 24.3 Å². The molecule has 1 fully saturated rings. The van der Waals surface area contributed by atoms with Gasteiger partial charge < -0.3 is 4.90 Å². The van der Waals surface area contributed by atoms with Gasteiger partial charge in [-0.05, 0) is 24.8 Å².